The summed E-state index contributed by atoms with van der Waals surface area (Å²) in [4.78, 5) is 32.2. The van der Waals surface area contributed by atoms with Crippen LogP contribution in [0.3, 0.4) is 0 Å². The SMILES string of the molecule is Cc1ncc(-c2ccc(N3CCN(C(=O)NC(C(=O)O)c4ccc(Cl)c(Cl)c4)CC3)cc2O)o1. The first kappa shape index (κ1) is 23.7. The molecule has 2 amide bonds. The van der Waals surface area contributed by atoms with Gasteiger partial charge in [0, 0.05) is 44.9 Å². The summed E-state index contributed by atoms with van der Waals surface area (Å²) in [5.41, 5.74) is 1.67. The molecule has 0 spiro atoms. The largest absolute Gasteiger partial charge is 0.507 e. The minimum absolute atomic E-state index is 0.0692. The number of carboxylic acid groups (broad SMARTS) is 1. The number of phenols is 1. The second-order valence-corrected chi connectivity index (χ2v) is 8.63. The molecule has 3 N–H and O–H groups in total. The fourth-order valence-corrected chi connectivity index (χ4v) is 4.08. The number of hydrogen-bond donors (Lipinski definition) is 3. The Morgan fingerprint density at radius 1 is 1.09 bits per heavy atom. The number of aliphatic carboxylic acids is 1. The van der Waals surface area contributed by atoms with E-state index in [-0.39, 0.29) is 10.8 Å². The van der Waals surface area contributed by atoms with Gasteiger partial charge in [-0.1, -0.05) is 29.3 Å². The Balaban J connectivity index is 1.39. The van der Waals surface area contributed by atoms with Crippen molar-refractivity contribution in [3.05, 3.63) is 64.1 Å². The van der Waals surface area contributed by atoms with E-state index >= 15 is 0 Å². The Morgan fingerprint density at radius 2 is 1.82 bits per heavy atom. The number of aromatic nitrogens is 1. The molecule has 3 aromatic rings. The molecular weight excluding hydrogens is 483 g/mol. The van der Waals surface area contributed by atoms with Gasteiger partial charge in [0.15, 0.2) is 17.7 Å². The first-order valence-corrected chi connectivity index (χ1v) is 11.2. The molecule has 1 atom stereocenters. The lowest BCUT2D eigenvalue weighted by Gasteiger charge is -2.36. The molecule has 178 valence electrons. The maximum Gasteiger partial charge on any atom is 0.330 e. The smallest absolute Gasteiger partial charge is 0.330 e. The van der Waals surface area contributed by atoms with Crippen molar-refractivity contribution in [2.45, 2.75) is 13.0 Å². The molecule has 11 heteroatoms. The molecule has 1 fully saturated rings. The third kappa shape index (κ3) is 5.05. The first-order valence-electron chi connectivity index (χ1n) is 10.5. The fraction of sp³-hybridized carbons (Fsp3) is 0.261. The number of nitrogens with zero attached hydrogens (tertiary/aromatic N) is 3. The number of halogens is 2. The Bertz CT molecular complexity index is 1220. The Kier molecular flexibility index (Phi) is 6.85. The van der Waals surface area contributed by atoms with Gasteiger partial charge in [0.25, 0.3) is 0 Å². The normalized spacial score (nSPS) is 14.7. The Hall–Kier alpha value is -3.43. The Labute approximate surface area is 205 Å². The molecule has 1 aliphatic heterocycles. The minimum Gasteiger partial charge on any atom is -0.507 e. The van der Waals surface area contributed by atoms with Gasteiger partial charge in [0.2, 0.25) is 0 Å². The van der Waals surface area contributed by atoms with E-state index < -0.39 is 18.0 Å². The molecule has 0 aliphatic carbocycles. The van der Waals surface area contributed by atoms with Crippen molar-refractivity contribution in [2.75, 3.05) is 31.1 Å². The van der Waals surface area contributed by atoms with Gasteiger partial charge in [-0.3, -0.25) is 0 Å². The summed E-state index contributed by atoms with van der Waals surface area (Å²) < 4.78 is 5.48. The predicted octanol–water partition coefficient (Wildman–Crippen LogP) is 4.32. The summed E-state index contributed by atoms with van der Waals surface area (Å²) in [6.45, 7) is 3.51. The van der Waals surface area contributed by atoms with Crippen molar-refractivity contribution < 1.29 is 24.2 Å². The highest BCUT2D eigenvalue weighted by molar-refractivity contribution is 6.42. The second-order valence-electron chi connectivity index (χ2n) is 7.81. The van der Waals surface area contributed by atoms with E-state index in [4.69, 9.17) is 27.6 Å². The molecule has 9 nitrogen and oxygen atoms in total. The van der Waals surface area contributed by atoms with Crippen molar-refractivity contribution in [3.63, 3.8) is 0 Å². The highest BCUT2D eigenvalue weighted by atomic mass is 35.5. The number of anilines is 1. The van der Waals surface area contributed by atoms with Crippen LogP contribution in [0.25, 0.3) is 11.3 Å². The molecule has 1 aliphatic rings. The number of piperazine rings is 1. The van der Waals surface area contributed by atoms with Crippen LogP contribution in [0.5, 0.6) is 5.75 Å². The standard InChI is InChI=1S/C23H22Cl2N4O5/c1-13-26-12-20(34-13)16-4-3-15(11-19(16)30)28-6-8-29(9-7-28)23(33)27-21(22(31)32)14-2-5-17(24)18(25)10-14/h2-5,10-12,21,30H,6-9H2,1H3,(H,27,33)(H,31,32). The van der Waals surface area contributed by atoms with E-state index in [2.05, 4.69) is 10.3 Å². The number of benzene rings is 2. The van der Waals surface area contributed by atoms with E-state index in [1.54, 1.807) is 30.2 Å². The van der Waals surface area contributed by atoms with E-state index in [9.17, 15) is 19.8 Å². The quantitative estimate of drug-likeness (QED) is 0.473. The lowest BCUT2D eigenvalue weighted by atomic mass is 10.1. The predicted molar refractivity (Wildman–Crippen MR) is 127 cm³/mol. The number of aromatic hydroxyl groups is 1. The molecule has 1 unspecified atom stereocenters. The van der Waals surface area contributed by atoms with Gasteiger partial charge >= 0.3 is 12.0 Å². The van der Waals surface area contributed by atoms with E-state index in [1.807, 2.05) is 11.0 Å². The molecule has 1 aromatic heterocycles. The number of oxazole rings is 1. The lowest BCUT2D eigenvalue weighted by molar-refractivity contribution is -0.139. The summed E-state index contributed by atoms with van der Waals surface area (Å²) in [6.07, 6.45) is 1.56. The number of rotatable bonds is 5. The van der Waals surface area contributed by atoms with Crippen LogP contribution in [0.1, 0.15) is 17.5 Å². The Morgan fingerprint density at radius 3 is 2.41 bits per heavy atom. The molecule has 34 heavy (non-hydrogen) atoms. The third-order valence-electron chi connectivity index (χ3n) is 5.59. The second kappa shape index (κ2) is 9.82. The van der Waals surface area contributed by atoms with Crippen LogP contribution in [-0.4, -0.2) is 58.3 Å². The topological polar surface area (TPSA) is 119 Å². The van der Waals surface area contributed by atoms with Crippen molar-refractivity contribution in [3.8, 4) is 17.1 Å². The number of aryl methyl sites for hydroxylation is 1. The van der Waals surface area contributed by atoms with Gasteiger partial charge in [0.1, 0.15) is 5.75 Å². The van der Waals surface area contributed by atoms with Crippen molar-refractivity contribution in [1.29, 1.82) is 0 Å². The van der Waals surface area contributed by atoms with Crippen LogP contribution < -0.4 is 10.2 Å². The minimum atomic E-state index is -1.26. The van der Waals surface area contributed by atoms with E-state index in [1.165, 1.54) is 18.2 Å². The summed E-state index contributed by atoms with van der Waals surface area (Å²) in [5.74, 6) is -0.141. The molecule has 0 radical (unpaired) electrons. The third-order valence-corrected chi connectivity index (χ3v) is 6.33. The van der Waals surface area contributed by atoms with Gasteiger partial charge in [0.05, 0.1) is 21.8 Å². The molecular formula is C23H22Cl2N4O5. The number of carboxylic acids is 1. The highest BCUT2D eigenvalue weighted by Crippen LogP contribution is 2.33. The van der Waals surface area contributed by atoms with Crippen LogP contribution in [0.2, 0.25) is 10.0 Å². The number of carbonyl (C=O) groups excluding carboxylic acids is 1. The molecule has 4 rings (SSSR count). The average molecular weight is 505 g/mol. The summed E-state index contributed by atoms with van der Waals surface area (Å²) in [7, 11) is 0. The first-order chi connectivity index (χ1) is 16.2. The number of phenolic OH excluding ortho intramolecular Hbond substituents is 1. The van der Waals surface area contributed by atoms with E-state index in [0.29, 0.717) is 54.0 Å². The maximum atomic E-state index is 12.8. The number of carbonyl (C=O) groups is 2. The summed E-state index contributed by atoms with van der Waals surface area (Å²) in [5, 5.41) is 23.1. The zero-order chi connectivity index (χ0) is 24.4. The van der Waals surface area contributed by atoms with Gasteiger partial charge < -0.3 is 29.7 Å². The van der Waals surface area contributed by atoms with Gasteiger partial charge in [-0.05, 0) is 29.8 Å². The van der Waals surface area contributed by atoms with Crippen LogP contribution in [0, 0.1) is 6.92 Å². The fourth-order valence-electron chi connectivity index (χ4n) is 3.77. The number of urea groups is 1. The molecule has 2 aromatic carbocycles. The van der Waals surface area contributed by atoms with Crippen LogP contribution in [-0.2, 0) is 4.79 Å². The van der Waals surface area contributed by atoms with Crippen LogP contribution in [0.4, 0.5) is 10.5 Å². The van der Waals surface area contributed by atoms with Crippen LogP contribution in [0.15, 0.2) is 47.0 Å². The van der Waals surface area contributed by atoms with Crippen LogP contribution >= 0.6 is 23.2 Å². The summed E-state index contributed by atoms with van der Waals surface area (Å²) in [6, 6.07) is 7.96. The monoisotopic (exact) mass is 504 g/mol. The highest BCUT2D eigenvalue weighted by Gasteiger charge is 2.28. The van der Waals surface area contributed by atoms with Gasteiger partial charge in [-0.25, -0.2) is 14.6 Å². The lowest BCUT2D eigenvalue weighted by Crippen LogP contribution is -2.53. The molecule has 1 saturated heterocycles. The molecule has 2 heterocycles. The molecule has 0 bridgehead atoms. The van der Waals surface area contributed by atoms with Gasteiger partial charge in [-0.15, -0.1) is 0 Å². The zero-order valence-electron chi connectivity index (χ0n) is 18.2. The zero-order valence-corrected chi connectivity index (χ0v) is 19.7. The number of hydrogen-bond acceptors (Lipinski definition) is 6. The van der Waals surface area contributed by atoms with Crippen molar-refractivity contribution in [2.24, 2.45) is 0 Å². The number of nitrogens with one attached hydrogen (secondary N) is 1. The maximum absolute atomic E-state index is 12.8. The van der Waals surface area contributed by atoms with Gasteiger partial charge in [-0.2, -0.15) is 0 Å². The van der Waals surface area contributed by atoms with Crippen molar-refractivity contribution in [1.82, 2.24) is 15.2 Å². The number of amides is 2. The van der Waals surface area contributed by atoms with E-state index in [0.717, 1.165) is 5.69 Å². The average Bonchev–Trinajstić information content (AvgIpc) is 3.25. The van der Waals surface area contributed by atoms with Crippen molar-refractivity contribution >= 4 is 40.9 Å². The summed E-state index contributed by atoms with van der Waals surface area (Å²) >= 11 is 11.9. The molecule has 0 saturated carbocycles.